The molecule has 5 rings (SSSR count). The van der Waals surface area contributed by atoms with Gasteiger partial charge in [0.2, 0.25) is 11.6 Å². The number of carbonyl (C=O) groups is 1. The lowest BCUT2D eigenvalue weighted by Crippen LogP contribution is -2.21. The van der Waals surface area contributed by atoms with Crippen LogP contribution in [0.5, 0.6) is 23.0 Å². The van der Waals surface area contributed by atoms with Gasteiger partial charge in [0.15, 0.2) is 11.5 Å². The molecule has 1 unspecified atom stereocenters. The number of ether oxygens (including phenoxy) is 4. The van der Waals surface area contributed by atoms with Gasteiger partial charge < -0.3 is 29.1 Å². The van der Waals surface area contributed by atoms with Gasteiger partial charge in [0.1, 0.15) is 28.7 Å². The van der Waals surface area contributed by atoms with Gasteiger partial charge in [-0.15, -0.1) is 0 Å². The number of furan rings is 1. The lowest BCUT2D eigenvalue weighted by molar-refractivity contribution is 0.0702. The fourth-order valence-corrected chi connectivity index (χ4v) is 4.92. The topological polar surface area (TPSA) is 117 Å². The molecule has 0 spiro atoms. The minimum absolute atomic E-state index is 0.0209. The molecule has 1 aromatic heterocycles. The van der Waals surface area contributed by atoms with Crippen LogP contribution in [0.15, 0.2) is 70.5 Å². The minimum Gasteiger partial charge on any atom is -0.493 e. The second-order valence-electron chi connectivity index (χ2n) is 10.4. The fourth-order valence-electron chi connectivity index (χ4n) is 4.92. The Morgan fingerprint density at radius 1 is 1.10 bits per heavy atom. The number of carbonyl (C=O) groups excluding carboxylic acids is 1. The molecular weight excluding hydrogens is 520 g/mol. The van der Waals surface area contributed by atoms with Crippen molar-refractivity contribution in [2.45, 2.75) is 40.0 Å². The summed E-state index contributed by atoms with van der Waals surface area (Å²) in [4.78, 5) is 13.1. The molecule has 4 aromatic rings. The van der Waals surface area contributed by atoms with E-state index >= 15 is 0 Å². The van der Waals surface area contributed by atoms with Crippen LogP contribution in [0.2, 0.25) is 0 Å². The molecule has 2 N–H and O–H groups in total. The molecule has 41 heavy (non-hydrogen) atoms. The number of benzene rings is 3. The molecule has 0 radical (unpaired) electrons. The summed E-state index contributed by atoms with van der Waals surface area (Å²) < 4.78 is 28.8. The fraction of sp³-hybridized carbons (Fsp3) is 0.273. The number of nitriles is 1. The van der Waals surface area contributed by atoms with Gasteiger partial charge in [-0.3, -0.25) is 0 Å². The average molecular weight is 553 g/mol. The number of hydrogen-bond acceptors (Lipinski definition) is 8. The first-order chi connectivity index (χ1) is 19.7. The zero-order chi connectivity index (χ0) is 29.3. The molecule has 2 heterocycles. The van der Waals surface area contributed by atoms with E-state index in [0.29, 0.717) is 40.9 Å². The quantitative estimate of drug-likeness (QED) is 0.188. The number of esters is 1. The van der Waals surface area contributed by atoms with Crippen molar-refractivity contribution in [3.8, 4) is 29.1 Å². The minimum atomic E-state index is -0.619. The van der Waals surface area contributed by atoms with Crippen LogP contribution in [0.1, 0.15) is 59.5 Å². The largest absolute Gasteiger partial charge is 0.493 e. The molecule has 1 aliphatic rings. The zero-order valence-electron chi connectivity index (χ0n) is 23.7. The standard InChI is InChI=1S/C33H32N2O6/c1-6-20-7-11-26-24(13-20)19(4)31(40-26)33(36)39-22-9-10-23-28(15-22)41-32(35)25(16-34)30(23)21-8-12-27(29(14-21)37-5)38-17-18(2)3/h7-15,18,30H,6,17,35H2,1-5H3. The molecule has 210 valence electrons. The summed E-state index contributed by atoms with van der Waals surface area (Å²) in [6.45, 7) is 8.59. The Balaban J connectivity index is 1.46. The van der Waals surface area contributed by atoms with Gasteiger partial charge in [-0.05, 0) is 60.7 Å². The number of rotatable bonds is 8. The Bertz CT molecular complexity index is 1710. The molecule has 1 aliphatic heterocycles. The van der Waals surface area contributed by atoms with Crippen molar-refractivity contribution in [3.63, 3.8) is 0 Å². The van der Waals surface area contributed by atoms with Crippen molar-refractivity contribution in [2.75, 3.05) is 13.7 Å². The predicted octanol–water partition coefficient (Wildman–Crippen LogP) is 6.78. The van der Waals surface area contributed by atoms with Gasteiger partial charge >= 0.3 is 5.97 Å². The van der Waals surface area contributed by atoms with E-state index in [9.17, 15) is 10.1 Å². The SMILES string of the molecule is CCc1ccc2oc(C(=O)Oc3ccc4c(c3)OC(N)=C(C#N)C4c3ccc(OCC(C)C)c(OC)c3)c(C)c2c1. The van der Waals surface area contributed by atoms with Crippen molar-refractivity contribution >= 4 is 16.9 Å². The molecule has 0 saturated carbocycles. The van der Waals surface area contributed by atoms with Crippen molar-refractivity contribution in [3.05, 3.63) is 94.1 Å². The van der Waals surface area contributed by atoms with Gasteiger partial charge in [0.25, 0.3) is 0 Å². The van der Waals surface area contributed by atoms with Crippen LogP contribution >= 0.6 is 0 Å². The van der Waals surface area contributed by atoms with Gasteiger partial charge in [-0.2, -0.15) is 5.26 Å². The van der Waals surface area contributed by atoms with Crippen molar-refractivity contribution in [1.82, 2.24) is 0 Å². The van der Waals surface area contributed by atoms with E-state index < -0.39 is 11.9 Å². The van der Waals surface area contributed by atoms with E-state index in [1.165, 1.54) is 0 Å². The van der Waals surface area contributed by atoms with Crippen LogP contribution in [0.3, 0.4) is 0 Å². The highest BCUT2D eigenvalue weighted by Gasteiger charge is 2.32. The van der Waals surface area contributed by atoms with Crippen molar-refractivity contribution < 1.29 is 28.2 Å². The van der Waals surface area contributed by atoms with Gasteiger partial charge in [0, 0.05) is 22.6 Å². The third kappa shape index (κ3) is 5.31. The number of methoxy groups -OCH3 is 1. The van der Waals surface area contributed by atoms with Crippen LogP contribution in [-0.4, -0.2) is 19.7 Å². The van der Waals surface area contributed by atoms with Gasteiger partial charge in [0.05, 0.1) is 19.6 Å². The van der Waals surface area contributed by atoms with Crippen LogP contribution in [0.25, 0.3) is 11.0 Å². The highest BCUT2D eigenvalue weighted by atomic mass is 16.5. The van der Waals surface area contributed by atoms with Crippen LogP contribution in [0.4, 0.5) is 0 Å². The second kappa shape index (κ2) is 11.3. The van der Waals surface area contributed by atoms with Crippen LogP contribution < -0.4 is 24.7 Å². The van der Waals surface area contributed by atoms with E-state index in [1.807, 2.05) is 43.3 Å². The summed E-state index contributed by atoms with van der Waals surface area (Å²) in [6.07, 6.45) is 0.879. The smallest absolute Gasteiger partial charge is 0.379 e. The highest BCUT2D eigenvalue weighted by molar-refractivity contribution is 5.97. The third-order valence-electron chi connectivity index (χ3n) is 7.09. The predicted molar refractivity (Wildman–Crippen MR) is 154 cm³/mol. The number of nitrogens with two attached hydrogens (primary N) is 1. The van der Waals surface area contributed by atoms with E-state index in [0.717, 1.165) is 28.5 Å². The Morgan fingerprint density at radius 3 is 2.61 bits per heavy atom. The third-order valence-corrected chi connectivity index (χ3v) is 7.09. The number of hydrogen-bond donors (Lipinski definition) is 1. The Kier molecular flexibility index (Phi) is 7.62. The number of fused-ring (bicyclic) bond motifs is 2. The first-order valence-electron chi connectivity index (χ1n) is 13.5. The Labute approximate surface area is 238 Å². The Morgan fingerprint density at radius 2 is 1.90 bits per heavy atom. The monoisotopic (exact) mass is 552 g/mol. The van der Waals surface area contributed by atoms with E-state index in [1.54, 1.807) is 25.3 Å². The summed E-state index contributed by atoms with van der Waals surface area (Å²) >= 11 is 0. The maximum absolute atomic E-state index is 13.1. The molecule has 0 saturated heterocycles. The number of allylic oxidation sites excluding steroid dienone is 1. The average Bonchev–Trinajstić information content (AvgIpc) is 3.30. The number of aryl methyl sites for hydroxylation is 2. The summed E-state index contributed by atoms with van der Waals surface area (Å²) in [5, 5.41) is 10.8. The van der Waals surface area contributed by atoms with Gasteiger partial charge in [-0.25, -0.2) is 4.79 Å². The Hall–Kier alpha value is -4.90. The zero-order valence-corrected chi connectivity index (χ0v) is 23.7. The molecule has 1 atom stereocenters. The summed E-state index contributed by atoms with van der Waals surface area (Å²) in [5.74, 6) is 1.12. The molecular formula is C33H32N2O6. The van der Waals surface area contributed by atoms with Gasteiger partial charge in [-0.1, -0.05) is 39.0 Å². The van der Waals surface area contributed by atoms with E-state index in [2.05, 4.69) is 26.8 Å². The summed E-state index contributed by atoms with van der Waals surface area (Å²) in [7, 11) is 1.57. The van der Waals surface area contributed by atoms with Crippen molar-refractivity contribution in [1.29, 1.82) is 5.26 Å². The second-order valence-corrected chi connectivity index (χ2v) is 10.4. The molecule has 8 nitrogen and oxygen atoms in total. The first-order valence-corrected chi connectivity index (χ1v) is 13.5. The first kappa shape index (κ1) is 27.7. The maximum atomic E-state index is 13.1. The van der Waals surface area contributed by atoms with Crippen LogP contribution in [0, 0.1) is 24.2 Å². The van der Waals surface area contributed by atoms with E-state index in [-0.39, 0.29) is 23.0 Å². The molecule has 0 fully saturated rings. The highest BCUT2D eigenvalue weighted by Crippen LogP contribution is 2.45. The lowest BCUT2D eigenvalue weighted by Gasteiger charge is -2.27. The molecule has 8 heteroatoms. The molecule has 0 amide bonds. The molecule has 0 aliphatic carbocycles. The lowest BCUT2D eigenvalue weighted by atomic mass is 9.83. The number of nitrogens with zero attached hydrogens (tertiary/aromatic N) is 1. The van der Waals surface area contributed by atoms with Crippen LogP contribution in [-0.2, 0) is 6.42 Å². The molecule has 3 aromatic carbocycles. The summed E-state index contributed by atoms with van der Waals surface area (Å²) in [6, 6.07) is 18.6. The van der Waals surface area contributed by atoms with E-state index in [4.69, 9.17) is 29.1 Å². The molecule has 0 bridgehead atoms. The summed E-state index contributed by atoms with van der Waals surface area (Å²) in [5.41, 5.74) is 10.4. The normalized spacial score (nSPS) is 14.4. The maximum Gasteiger partial charge on any atom is 0.379 e. The van der Waals surface area contributed by atoms with Crippen molar-refractivity contribution in [2.24, 2.45) is 11.7 Å².